The first-order valence-corrected chi connectivity index (χ1v) is 4.41. The molecule has 0 aromatic rings. The monoisotopic (exact) mass is 184 g/mol. The van der Waals surface area contributed by atoms with Gasteiger partial charge >= 0.3 is 0 Å². The van der Waals surface area contributed by atoms with Crippen LogP contribution in [0.15, 0.2) is 0 Å². The van der Waals surface area contributed by atoms with Crippen LogP contribution in [-0.4, -0.2) is 21.4 Å². The summed E-state index contributed by atoms with van der Waals surface area (Å²) < 4.78 is 1.09. The number of rotatable bonds is 2. The molecule has 0 aromatic carbocycles. The van der Waals surface area contributed by atoms with E-state index in [1.165, 1.54) is 0 Å². The average molecular weight is 184 g/mol. The van der Waals surface area contributed by atoms with E-state index >= 15 is 0 Å². The average Bonchev–Trinajstić information content (AvgIpc) is 2.35. The molecule has 4 nitrogen and oxygen atoms in total. The Morgan fingerprint density at radius 2 is 2.00 bits per heavy atom. The highest BCUT2D eigenvalue weighted by Crippen LogP contribution is 2.24. The number of carbonyl (C=O) groups is 2. The van der Waals surface area contributed by atoms with Crippen LogP contribution in [0.2, 0.25) is 0 Å². The first-order chi connectivity index (χ1) is 5.65. The predicted octanol–water partition coefficient (Wildman–Crippen LogP) is 0.696. The van der Waals surface area contributed by atoms with Crippen molar-refractivity contribution in [3.05, 3.63) is 0 Å². The normalized spacial score (nSPS) is 19.5. The van der Waals surface area contributed by atoms with Crippen LogP contribution in [0, 0.1) is 11.3 Å². The lowest BCUT2D eigenvalue weighted by molar-refractivity contribution is -0.131. The highest BCUT2D eigenvalue weighted by Gasteiger charge is 2.30. The molecule has 1 aliphatic heterocycles. The molecule has 0 aliphatic carbocycles. The van der Waals surface area contributed by atoms with Gasteiger partial charge in [-0.3, -0.25) is 9.59 Å². The van der Waals surface area contributed by atoms with Crippen molar-refractivity contribution >= 4 is 23.8 Å². The maximum atomic E-state index is 11.0. The maximum absolute atomic E-state index is 11.0. The van der Waals surface area contributed by atoms with Crippen molar-refractivity contribution in [2.24, 2.45) is 0 Å². The van der Waals surface area contributed by atoms with Gasteiger partial charge in [0.2, 0.25) is 11.8 Å². The van der Waals surface area contributed by atoms with Crippen molar-refractivity contribution in [1.82, 2.24) is 4.31 Å². The van der Waals surface area contributed by atoms with E-state index in [2.05, 4.69) is 0 Å². The summed E-state index contributed by atoms with van der Waals surface area (Å²) in [5.74, 6) is -0.376. The minimum Gasteiger partial charge on any atom is -0.273 e. The van der Waals surface area contributed by atoms with Crippen LogP contribution in [0.4, 0.5) is 0 Å². The maximum Gasteiger partial charge on any atom is 0.239 e. The Bertz CT molecular complexity index is 243. The topological polar surface area (TPSA) is 61.2 Å². The van der Waals surface area contributed by atoms with Gasteiger partial charge in [-0.2, -0.15) is 5.26 Å². The van der Waals surface area contributed by atoms with Crippen LogP contribution >= 0.6 is 11.9 Å². The van der Waals surface area contributed by atoms with E-state index in [9.17, 15) is 9.59 Å². The minimum atomic E-state index is -0.351. The summed E-state index contributed by atoms with van der Waals surface area (Å²) in [5.41, 5.74) is 0. The van der Waals surface area contributed by atoms with Crippen molar-refractivity contribution in [2.45, 2.75) is 25.0 Å². The van der Waals surface area contributed by atoms with E-state index in [0.29, 0.717) is 0 Å². The third-order valence-electron chi connectivity index (χ3n) is 1.45. The summed E-state index contributed by atoms with van der Waals surface area (Å²) in [4.78, 5) is 22.0. The summed E-state index contributed by atoms with van der Waals surface area (Å²) >= 11 is 0.997. The largest absolute Gasteiger partial charge is 0.273 e. The highest BCUT2D eigenvalue weighted by atomic mass is 32.2. The third kappa shape index (κ3) is 1.77. The van der Waals surface area contributed by atoms with Crippen LogP contribution in [0.1, 0.15) is 19.8 Å². The number of nitrogens with zero attached hydrogens (tertiary/aromatic N) is 2. The molecule has 1 aliphatic rings. The Morgan fingerprint density at radius 1 is 1.50 bits per heavy atom. The van der Waals surface area contributed by atoms with Gasteiger partial charge < -0.3 is 0 Å². The van der Waals surface area contributed by atoms with E-state index in [1.54, 1.807) is 6.92 Å². The first-order valence-electron chi connectivity index (χ1n) is 3.57. The molecular weight excluding hydrogens is 176 g/mol. The number of carbonyl (C=O) groups excluding carboxylic acids is 2. The zero-order valence-electron chi connectivity index (χ0n) is 6.61. The Hall–Kier alpha value is -1.02. The minimum absolute atomic E-state index is 0.188. The lowest BCUT2D eigenvalue weighted by Crippen LogP contribution is -2.23. The number of nitriles is 1. The summed E-state index contributed by atoms with van der Waals surface area (Å²) in [6, 6.07) is 1.95. The fourth-order valence-electron chi connectivity index (χ4n) is 0.855. The fourth-order valence-corrected chi connectivity index (χ4v) is 1.64. The highest BCUT2D eigenvalue weighted by molar-refractivity contribution is 7.98. The van der Waals surface area contributed by atoms with Crippen molar-refractivity contribution in [2.75, 3.05) is 0 Å². The van der Waals surface area contributed by atoms with Crippen molar-refractivity contribution in [3.63, 3.8) is 0 Å². The van der Waals surface area contributed by atoms with E-state index < -0.39 is 0 Å². The van der Waals surface area contributed by atoms with Crippen LogP contribution in [-0.2, 0) is 9.59 Å². The van der Waals surface area contributed by atoms with Gasteiger partial charge in [-0.25, -0.2) is 4.31 Å². The van der Waals surface area contributed by atoms with Gasteiger partial charge in [0.25, 0.3) is 0 Å². The Balaban J connectivity index is 2.57. The molecule has 12 heavy (non-hydrogen) atoms. The summed E-state index contributed by atoms with van der Waals surface area (Å²) in [7, 11) is 0. The zero-order chi connectivity index (χ0) is 9.14. The molecule has 64 valence electrons. The van der Waals surface area contributed by atoms with Crippen molar-refractivity contribution in [1.29, 1.82) is 5.26 Å². The van der Waals surface area contributed by atoms with Gasteiger partial charge in [0.1, 0.15) is 5.25 Å². The molecule has 2 amide bonds. The van der Waals surface area contributed by atoms with Crippen LogP contribution in [0.3, 0.4) is 0 Å². The molecule has 0 N–H and O–H groups in total. The lowest BCUT2D eigenvalue weighted by atomic mass is 10.4. The molecule has 1 unspecified atom stereocenters. The molecule has 0 radical (unpaired) electrons. The summed E-state index contributed by atoms with van der Waals surface area (Å²) in [5, 5.41) is 8.10. The molecule has 1 heterocycles. The first kappa shape index (κ1) is 9.07. The van der Waals surface area contributed by atoms with Crippen LogP contribution in [0.25, 0.3) is 0 Å². The second-order valence-electron chi connectivity index (χ2n) is 2.46. The molecule has 1 fully saturated rings. The summed E-state index contributed by atoms with van der Waals surface area (Å²) in [6.45, 7) is 1.66. The van der Waals surface area contributed by atoms with Gasteiger partial charge in [-0.1, -0.05) is 0 Å². The standard InChI is InChI=1S/C7H8N2O2S/c1-5(4-8)12-9-6(10)2-3-7(9)11/h5H,2-3H2,1H3. The Kier molecular flexibility index (Phi) is 2.71. The fraction of sp³-hybridized carbons (Fsp3) is 0.571. The third-order valence-corrected chi connectivity index (χ3v) is 2.49. The molecule has 5 heteroatoms. The van der Waals surface area contributed by atoms with Gasteiger partial charge in [-0.15, -0.1) is 0 Å². The Morgan fingerprint density at radius 3 is 2.42 bits per heavy atom. The van der Waals surface area contributed by atoms with Gasteiger partial charge in [0, 0.05) is 12.8 Å². The van der Waals surface area contributed by atoms with Gasteiger partial charge in [0.15, 0.2) is 0 Å². The van der Waals surface area contributed by atoms with E-state index in [1.807, 2.05) is 6.07 Å². The molecule has 0 saturated carbocycles. The molecule has 0 aromatic heterocycles. The number of hydrogen-bond acceptors (Lipinski definition) is 4. The second-order valence-corrected chi connectivity index (χ2v) is 3.74. The van der Waals surface area contributed by atoms with Crippen LogP contribution < -0.4 is 0 Å². The molecule has 0 bridgehead atoms. The molecule has 1 saturated heterocycles. The predicted molar refractivity (Wildman–Crippen MR) is 43.8 cm³/mol. The van der Waals surface area contributed by atoms with Gasteiger partial charge in [-0.05, 0) is 18.9 Å². The second kappa shape index (κ2) is 3.59. The SMILES string of the molecule is CC(C#N)SN1C(=O)CCC1=O. The van der Waals surface area contributed by atoms with E-state index in [0.717, 1.165) is 16.3 Å². The molecule has 1 atom stereocenters. The summed E-state index contributed by atoms with van der Waals surface area (Å²) in [6.07, 6.45) is 0.563. The van der Waals surface area contributed by atoms with Crippen molar-refractivity contribution in [3.8, 4) is 6.07 Å². The van der Waals surface area contributed by atoms with E-state index in [4.69, 9.17) is 5.26 Å². The quantitative estimate of drug-likeness (QED) is 0.468. The van der Waals surface area contributed by atoms with Crippen LogP contribution in [0.5, 0.6) is 0 Å². The lowest BCUT2D eigenvalue weighted by Gasteiger charge is -2.12. The van der Waals surface area contributed by atoms with Crippen molar-refractivity contribution < 1.29 is 9.59 Å². The zero-order valence-corrected chi connectivity index (χ0v) is 7.43. The molecule has 1 rings (SSSR count). The van der Waals surface area contributed by atoms with E-state index in [-0.39, 0.29) is 29.9 Å². The number of amides is 2. The number of hydrogen-bond donors (Lipinski definition) is 0. The smallest absolute Gasteiger partial charge is 0.239 e. The molecular formula is C7H8N2O2S. The number of imide groups is 1. The molecule has 0 spiro atoms. The Labute approximate surface area is 74.7 Å². The van der Waals surface area contributed by atoms with Gasteiger partial charge in [0.05, 0.1) is 6.07 Å².